The molecular weight excluding hydrogens is 290 g/mol. The third-order valence-corrected chi connectivity index (χ3v) is 5.25. The van der Waals surface area contributed by atoms with Crippen LogP contribution in [0.4, 0.5) is 11.4 Å². The van der Waals surface area contributed by atoms with Gasteiger partial charge in [-0.2, -0.15) is 5.10 Å². The second-order valence-corrected chi connectivity index (χ2v) is 6.64. The number of anilines is 1. The van der Waals surface area contributed by atoms with Crippen LogP contribution in [-0.2, 0) is 0 Å². The number of allylic oxidation sites excluding steroid dienone is 1. The maximum Gasteiger partial charge on any atom is 0.269 e. The summed E-state index contributed by atoms with van der Waals surface area (Å²) in [5.41, 5.74) is 5.47. The van der Waals surface area contributed by atoms with Crippen LogP contribution in [-0.4, -0.2) is 16.7 Å². The van der Waals surface area contributed by atoms with Crippen LogP contribution in [0, 0.1) is 10.1 Å². The van der Waals surface area contributed by atoms with Crippen molar-refractivity contribution in [2.75, 3.05) is 5.01 Å². The molecule has 5 nitrogen and oxygen atoms in total. The number of benzene rings is 1. The number of rotatable bonds is 2. The smallest absolute Gasteiger partial charge is 0.258 e. The quantitative estimate of drug-likeness (QED) is 0.593. The molecule has 1 aromatic rings. The highest BCUT2D eigenvalue weighted by atomic mass is 16.6. The molecule has 1 atom stereocenters. The molecule has 2 fully saturated rings. The zero-order valence-electron chi connectivity index (χ0n) is 13.2. The fourth-order valence-corrected chi connectivity index (χ4v) is 4.13. The molecule has 2 saturated carbocycles. The highest BCUT2D eigenvalue weighted by molar-refractivity contribution is 6.03. The van der Waals surface area contributed by atoms with Gasteiger partial charge in [0.2, 0.25) is 0 Å². The minimum absolute atomic E-state index is 0.135. The van der Waals surface area contributed by atoms with Gasteiger partial charge in [0.15, 0.2) is 0 Å². The summed E-state index contributed by atoms with van der Waals surface area (Å²) < 4.78 is 0. The maximum atomic E-state index is 10.9. The molecule has 0 spiro atoms. The van der Waals surface area contributed by atoms with Gasteiger partial charge in [0.05, 0.1) is 22.4 Å². The van der Waals surface area contributed by atoms with E-state index in [9.17, 15) is 10.1 Å². The average molecular weight is 311 g/mol. The van der Waals surface area contributed by atoms with Gasteiger partial charge in [0.1, 0.15) is 0 Å². The number of hydrogen-bond donors (Lipinski definition) is 0. The van der Waals surface area contributed by atoms with Crippen LogP contribution in [0.1, 0.15) is 51.4 Å². The van der Waals surface area contributed by atoms with Gasteiger partial charge in [-0.1, -0.05) is 6.42 Å². The van der Waals surface area contributed by atoms with E-state index in [4.69, 9.17) is 5.10 Å². The summed E-state index contributed by atoms with van der Waals surface area (Å²) in [6, 6.07) is 7.18. The Morgan fingerprint density at radius 1 is 1.04 bits per heavy atom. The van der Waals surface area contributed by atoms with Crippen molar-refractivity contribution in [3.05, 3.63) is 45.5 Å². The van der Waals surface area contributed by atoms with Crippen molar-refractivity contribution in [1.82, 2.24) is 0 Å². The topological polar surface area (TPSA) is 58.7 Å². The molecule has 1 unspecified atom stereocenters. The normalized spacial score (nSPS) is 23.9. The van der Waals surface area contributed by atoms with Crippen LogP contribution in [0.15, 0.2) is 40.5 Å². The van der Waals surface area contributed by atoms with E-state index < -0.39 is 0 Å². The standard InChI is InChI=1S/C18H21N3O2/c22-21(23)14-11-9-13(10-12-14)20-18-8-4-2-6-16(18)15-5-1-3-7-17(15)19-20/h9-12,18H,1-8H2. The Morgan fingerprint density at radius 2 is 1.78 bits per heavy atom. The number of hydrogen-bond acceptors (Lipinski definition) is 4. The van der Waals surface area contributed by atoms with Crippen molar-refractivity contribution >= 4 is 17.1 Å². The summed E-state index contributed by atoms with van der Waals surface area (Å²) in [7, 11) is 0. The van der Waals surface area contributed by atoms with Crippen LogP contribution in [0.2, 0.25) is 0 Å². The highest BCUT2D eigenvalue weighted by Crippen LogP contribution is 2.40. The molecule has 0 aromatic heterocycles. The number of non-ortho nitro benzene ring substituents is 1. The number of nitrogens with zero attached hydrogens (tertiary/aromatic N) is 3. The first-order chi connectivity index (χ1) is 11.2. The second kappa shape index (κ2) is 5.80. The lowest BCUT2D eigenvalue weighted by Crippen LogP contribution is -2.40. The van der Waals surface area contributed by atoms with Gasteiger partial charge in [-0.15, -0.1) is 0 Å². The Morgan fingerprint density at radius 3 is 2.57 bits per heavy atom. The van der Waals surface area contributed by atoms with E-state index in [-0.39, 0.29) is 10.6 Å². The Hall–Kier alpha value is -2.17. The van der Waals surface area contributed by atoms with E-state index in [0.29, 0.717) is 6.04 Å². The largest absolute Gasteiger partial charge is 0.269 e. The second-order valence-electron chi connectivity index (χ2n) is 6.64. The lowest BCUT2D eigenvalue weighted by molar-refractivity contribution is -0.384. The van der Waals surface area contributed by atoms with E-state index in [1.165, 1.54) is 49.8 Å². The predicted octanol–water partition coefficient (Wildman–Crippen LogP) is 4.58. The van der Waals surface area contributed by atoms with Crippen LogP contribution < -0.4 is 5.01 Å². The van der Waals surface area contributed by atoms with E-state index in [1.54, 1.807) is 17.7 Å². The van der Waals surface area contributed by atoms with Crippen LogP contribution in [0.5, 0.6) is 0 Å². The summed E-state index contributed by atoms with van der Waals surface area (Å²) in [5.74, 6) is 0. The van der Waals surface area contributed by atoms with Gasteiger partial charge >= 0.3 is 0 Å². The molecule has 23 heavy (non-hydrogen) atoms. The Bertz CT molecular complexity index is 691. The molecule has 4 rings (SSSR count). The first-order valence-corrected chi connectivity index (χ1v) is 8.57. The fraction of sp³-hybridized carbons (Fsp3) is 0.500. The first kappa shape index (κ1) is 14.4. The molecule has 5 heteroatoms. The summed E-state index contributed by atoms with van der Waals surface area (Å²) in [4.78, 5) is 10.5. The van der Waals surface area contributed by atoms with Gasteiger partial charge in [-0.3, -0.25) is 15.1 Å². The Balaban J connectivity index is 1.72. The van der Waals surface area contributed by atoms with Crippen LogP contribution in [0.25, 0.3) is 0 Å². The first-order valence-electron chi connectivity index (χ1n) is 8.57. The molecule has 2 aliphatic carbocycles. The van der Waals surface area contributed by atoms with Crippen molar-refractivity contribution in [1.29, 1.82) is 0 Å². The number of nitro groups is 1. The van der Waals surface area contributed by atoms with Gasteiger partial charge in [-0.05, 0) is 68.2 Å². The van der Waals surface area contributed by atoms with Crippen LogP contribution in [0.3, 0.4) is 0 Å². The minimum Gasteiger partial charge on any atom is -0.258 e. The maximum absolute atomic E-state index is 10.9. The van der Waals surface area contributed by atoms with Crippen molar-refractivity contribution in [2.24, 2.45) is 5.10 Å². The molecular formula is C18H21N3O2. The van der Waals surface area contributed by atoms with Gasteiger partial charge in [0, 0.05) is 12.1 Å². The third-order valence-electron chi connectivity index (χ3n) is 5.25. The lowest BCUT2D eigenvalue weighted by atomic mass is 9.79. The van der Waals surface area contributed by atoms with Gasteiger partial charge < -0.3 is 0 Å². The minimum atomic E-state index is -0.350. The third kappa shape index (κ3) is 2.54. The monoisotopic (exact) mass is 311 g/mol. The number of fused-ring (bicyclic) bond motifs is 2. The molecule has 1 aliphatic heterocycles. The summed E-state index contributed by atoms with van der Waals surface area (Å²) in [6.45, 7) is 0. The van der Waals surface area contributed by atoms with Crippen molar-refractivity contribution < 1.29 is 4.92 Å². The molecule has 0 radical (unpaired) electrons. The molecule has 120 valence electrons. The summed E-state index contributed by atoms with van der Waals surface area (Å²) in [6.07, 6.45) is 9.56. The van der Waals surface area contributed by atoms with Crippen molar-refractivity contribution in [3.8, 4) is 0 Å². The molecule has 0 amide bonds. The average Bonchev–Trinajstić information content (AvgIpc) is 2.61. The zero-order chi connectivity index (χ0) is 15.8. The van der Waals surface area contributed by atoms with Crippen molar-refractivity contribution in [3.63, 3.8) is 0 Å². The lowest BCUT2D eigenvalue weighted by Gasteiger charge is -2.41. The zero-order valence-corrected chi connectivity index (χ0v) is 13.2. The van der Waals surface area contributed by atoms with Crippen molar-refractivity contribution in [2.45, 2.75) is 57.4 Å². The van der Waals surface area contributed by atoms with Gasteiger partial charge in [-0.25, -0.2) is 0 Å². The van der Waals surface area contributed by atoms with E-state index in [0.717, 1.165) is 18.5 Å². The van der Waals surface area contributed by atoms with Gasteiger partial charge in [0.25, 0.3) is 5.69 Å². The molecule has 0 bridgehead atoms. The summed E-state index contributed by atoms with van der Waals surface area (Å²) in [5, 5.41) is 17.9. The fourth-order valence-electron chi connectivity index (χ4n) is 4.13. The summed E-state index contributed by atoms with van der Waals surface area (Å²) >= 11 is 0. The number of nitro benzene ring substituents is 1. The molecule has 3 aliphatic rings. The SMILES string of the molecule is O=[N+]([O-])c1ccc(N2N=C3CCCCC3=C3CCCCC32)cc1. The Labute approximate surface area is 135 Å². The Kier molecular flexibility index (Phi) is 3.63. The molecule has 1 aromatic carbocycles. The highest BCUT2D eigenvalue weighted by Gasteiger charge is 2.34. The van der Waals surface area contributed by atoms with E-state index in [1.807, 2.05) is 12.1 Å². The predicted molar refractivity (Wildman–Crippen MR) is 90.8 cm³/mol. The van der Waals surface area contributed by atoms with Crippen LogP contribution >= 0.6 is 0 Å². The number of hydrazone groups is 1. The van der Waals surface area contributed by atoms with E-state index in [2.05, 4.69) is 5.01 Å². The molecule has 0 N–H and O–H groups in total. The molecule has 0 saturated heterocycles. The molecule has 1 heterocycles. The van der Waals surface area contributed by atoms with E-state index >= 15 is 0 Å².